The minimum Gasteiger partial charge on any atom is -0.322 e. The van der Waals surface area contributed by atoms with E-state index in [0.29, 0.717) is 0 Å². The van der Waals surface area contributed by atoms with Gasteiger partial charge in [0.1, 0.15) is 0 Å². The van der Waals surface area contributed by atoms with Crippen molar-refractivity contribution in [2.45, 2.75) is 19.3 Å². The monoisotopic (exact) mass is 311 g/mol. The van der Waals surface area contributed by atoms with Crippen molar-refractivity contribution in [2.75, 3.05) is 0 Å². The minimum absolute atomic E-state index is 0.108. The van der Waals surface area contributed by atoms with Crippen molar-refractivity contribution < 1.29 is 0 Å². The molecule has 15 heavy (non-hydrogen) atoms. The zero-order chi connectivity index (χ0) is 10.4. The molecule has 0 aliphatic heterocycles. The highest BCUT2D eigenvalue weighted by Gasteiger charge is 2.17. The molecule has 1 aromatic heterocycles. The van der Waals surface area contributed by atoms with Gasteiger partial charge in [-0.25, -0.2) is 0 Å². The Labute approximate surface area is 101 Å². The van der Waals surface area contributed by atoms with Crippen molar-refractivity contribution in [3.05, 3.63) is 43.2 Å². The Morgan fingerprint density at radius 2 is 2.00 bits per heavy atom. The van der Waals surface area contributed by atoms with Crippen molar-refractivity contribution in [2.24, 2.45) is 0 Å². The Kier molecular flexibility index (Phi) is 2.09. The zero-order valence-electron chi connectivity index (χ0n) is 8.14. The van der Waals surface area contributed by atoms with Gasteiger partial charge in [-0.3, -0.25) is 4.79 Å². The lowest BCUT2D eigenvalue weighted by Gasteiger charge is -2.04. The topological polar surface area (TPSA) is 32.9 Å². The van der Waals surface area contributed by atoms with Crippen molar-refractivity contribution in [1.29, 1.82) is 0 Å². The first-order chi connectivity index (χ1) is 7.25. The Hall–Kier alpha value is -0.840. The molecule has 2 nitrogen and oxygen atoms in total. The molecule has 76 valence electrons. The summed E-state index contributed by atoms with van der Waals surface area (Å²) in [5.74, 6) is 0. The highest BCUT2D eigenvalue weighted by atomic mass is 127. The fourth-order valence-corrected chi connectivity index (χ4v) is 2.86. The number of H-pyrrole nitrogens is 1. The van der Waals surface area contributed by atoms with Gasteiger partial charge < -0.3 is 4.98 Å². The number of benzene rings is 1. The fourth-order valence-electron chi connectivity index (χ4n) is 2.37. The molecule has 1 N–H and O–H groups in total. The van der Waals surface area contributed by atoms with Crippen LogP contribution < -0.4 is 5.56 Å². The van der Waals surface area contributed by atoms with Crippen LogP contribution in [0.2, 0.25) is 0 Å². The number of aromatic nitrogens is 1. The summed E-state index contributed by atoms with van der Waals surface area (Å²) in [7, 11) is 0. The Morgan fingerprint density at radius 1 is 1.20 bits per heavy atom. The van der Waals surface area contributed by atoms with E-state index in [2.05, 4.69) is 39.7 Å². The van der Waals surface area contributed by atoms with Gasteiger partial charge in [-0.05, 0) is 59.5 Å². The van der Waals surface area contributed by atoms with Crippen LogP contribution in [0.3, 0.4) is 0 Å². The predicted octanol–water partition coefficient (Wildman–Crippen LogP) is 2.62. The first kappa shape index (κ1) is 9.39. The molecule has 1 aliphatic carbocycles. The molecule has 0 unspecified atom stereocenters. The molecule has 2 aromatic rings. The zero-order valence-corrected chi connectivity index (χ0v) is 10.3. The summed E-state index contributed by atoms with van der Waals surface area (Å²) in [5, 5.41) is 1.22. The van der Waals surface area contributed by atoms with E-state index in [0.717, 1.165) is 33.9 Å². The molecule has 0 amide bonds. The number of aryl methyl sites for hydroxylation is 1. The summed E-state index contributed by atoms with van der Waals surface area (Å²) in [4.78, 5) is 14.7. The molecule has 1 aliphatic rings. The summed E-state index contributed by atoms with van der Waals surface area (Å²) in [6.45, 7) is 0. The van der Waals surface area contributed by atoms with Gasteiger partial charge in [-0.15, -0.1) is 0 Å². The smallest absolute Gasteiger partial charge is 0.251 e. The predicted molar refractivity (Wildman–Crippen MR) is 69.3 cm³/mol. The minimum atomic E-state index is 0.108. The van der Waals surface area contributed by atoms with Gasteiger partial charge in [0.05, 0.1) is 0 Å². The fraction of sp³-hybridized carbons (Fsp3) is 0.250. The van der Waals surface area contributed by atoms with Gasteiger partial charge >= 0.3 is 0 Å². The van der Waals surface area contributed by atoms with Crippen LogP contribution >= 0.6 is 22.6 Å². The molecule has 1 heterocycles. The van der Waals surface area contributed by atoms with Crippen LogP contribution in [-0.2, 0) is 12.8 Å². The quantitative estimate of drug-likeness (QED) is 0.746. The largest absolute Gasteiger partial charge is 0.322 e. The molecule has 0 bridgehead atoms. The van der Waals surface area contributed by atoms with E-state index in [9.17, 15) is 4.79 Å². The maximum Gasteiger partial charge on any atom is 0.251 e. The van der Waals surface area contributed by atoms with Gasteiger partial charge in [0.25, 0.3) is 5.56 Å². The summed E-state index contributed by atoms with van der Waals surface area (Å²) in [6, 6.07) is 6.26. The third-order valence-electron chi connectivity index (χ3n) is 3.05. The molecule has 0 fully saturated rings. The summed E-state index contributed by atoms with van der Waals surface area (Å²) in [5.41, 5.74) is 3.36. The van der Waals surface area contributed by atoms with Crippen LogP contribution in [0.4, 0.5) is 0 Å². The lowest BCUT2D eigenvalue weighted by Crippen LogP contribution is -2.12. The second kappa shape index (κ2) is 3.33. The van der Waals surface area contributed by atoms with Crippen LogP contribution in [0.5, 0.6) is 0 Å². The van der Waals surface area contributed by atoms with Crippen molar-refractivity contribution in [1.82, 2.24) is 4.98 Å². The third kappa shape index (κ3) is 1.40. The number of pyridine rings is 1. The molecule has 0 spiro atoms. The molecule has 1 aromatic carbocycles. The Morgan fingerprint density at radius 3 is 2.87 bits per heavy atom. The average Bonchev–Trinajstić information content (AvgIpc) is 2.66. The summed E-state index contributed by atoms with van der Waals surface area (Å²) in [6.07, 6.45) is 3.10. The second-order valence-corrected chi connectivity index (χ2v) is 5.20. The molecule has 0 saturated carbocycles. The van der Waals surface area contributed by atoms with Gasteiger partial charge in [0.2, 0.25) is 0 Å². The lowest BCUT2D eigenvalue weighted by molar-refractivity contribution is 0.909. The lowest BCUT2D eigenvalue weighted by atomic mass is 10.1. The average molecular weight is 311 g/mol. The molecule has 0 radical (unpaired) electrons. The van der Waals surface area contributed by atoms with Gasteiger partial charge in [-0.2, -0.15) is 0 Å². The Bertz CT molecular complexity index is 600. The SMILES string of the molecule is O=c1[nH]c2cc(I)ccc2c2c1CCC2. The van der Waals surface area contributed by atoms with E-state index in [1.807, 2.05) is 6.07 Å². The van der Waals surface area contributed by atoms with Crippen molar-refractivity contribution in [3.8, 4) is 0 Å². The van der Waals surface area contributed by atoms with Gasteiger partial charge in [0.15, 0.2) is 0 Å². The van der Waals surface area contributed by atoms with Crippen LogP contribution in [0.25, 0.3) is 10.9 Å². The summed E-state index contributed by atoms with van der Waals surface area (Å²) >= 11 is 2.27. The number of halogens is 1. The molecule has 3 heteroatoms. The Balaban J connectivity index is 2.48. The molecule has 0 atom stereocenters. The molecular weight excluding hydrogens is 301 g/mol. The van der Waals surface area contributed by atoms with Crippen LogP contribution in [-0.4, -0.2) is 4.98 Å². The normalized spacial score (nSPS) is 14.5. The highest BCUT2D eigenvalue weighted by Crippen LogP contribution is 2.26. The third-order valence-corrected chi connectivity index (χ3v) is 3.72. The van der Waals surface area contributed by atoms with Crippen molar-refractivity contribution in [3.63, 3.8) is 0 Å². The van der Waals surface area contributed by atoms with Gasteiger partial charge in [-0.1, -0.05) is 6.07 Å². The van der Waals surface area contributed by atoms with Gasteiger partial charge in [0, 0.05) is 20.0 Å². The number of hydrogen-bond acceptors (Lipinski definition) is 1. The molecule has 3 rings (SSSR count). The van der Waals surface area contributed by atoms with Crippen LogP contribution in [0.15, 0.2) is 23.0 Å². The number of nitrogens with one attached hydrogen (secondary N) is 1. The molecular formula is C12H10INO. The number of rotatable bonds is 0. The van der Waals surface area contributed by atoms with Crippen LogP contribution in [0.1, 0.15) is 17.5 Å². The first-order valence-corrected chi connectivity index (χ1v) is 6.17. The van der Waals surface area contributed by atoms with E-state index < -0.39 is 0 Å². The van der Waals surface area contributed by atoms with E-state index in [1.54, 1.807) is 0 Å². The summed E-state index contributed by atoms with van der Waals surface area (Å²) < 4.78 is 1.16. The molecule has 0 saturated heterocycles. The van der Waals surface area contributed by atoms with Crippen molar-refractivity contribution >= 4 is 33.5 Å². The number of hydrogen-bond donors (Lipinski definition) is 1. The van der Waals surface area contributed by atoms with E-state index in [1.165, 1.54) is 10.9 Å². The maximum absolute atomic E-state index is 11.8. The van der Waals surface area contributed by atoms with E-state index >= 15 is 0 Å². The second-order valence-electron chi connectivity index (χ2n) is 3.95. The highest BCUT2D eigenvalue weighted by molar-refractivity contribution is 14.1. The number of aromatic amines is 1. The number of fused-ring (bicyclic) bond motifs is 3. The van der Waals surface area contributed by atoms with E-state index in [-0.39, 0.29) is 5.56 Å². The van der Waals surface area contributed by atoms with Crippen LogP contribution in [0, 0.1) is 3.57 Å². The maximum atomic E-state index is 11.8. The van der Waals surface area contributed by atoms with E-state index in [4.69, 9.17) is 0 Å². The first-order valence-electron chi connectivity index (χ1n) is 5.09. The standard InChI is InChI=1S/C12H10INO/c13-7-4-5-9-8-2-1-3-10(8)12(15)14-11(9)6-7/h4-6H,1-3H2,(H,14,15).